The van der Waals surface area contributed by atoms with Crippen molar-refractivity contribution in [3.05, 3.63) is 24.3 Å². The van der Waals surface area contributed by atoms with Gasteiger partial charge in [0.05, 0.1) is 12.0 Å². The zero-order valence-corrected chi connectivity index (χ0v) is 15.2. The molecule has 3 rings (SSSR count). The molecule has 0 aliphatic carbocycles. The van der Waals surface area contributed by atoms with E-state index in [1.165, 1.54) is 4.31 Å². The molecule has 0 atom stereocenters. The minimum absolute atomic E-state index is 0.0494. The van der Waals surface area contributed by atoms with Crippen molar-refractivity contribution >= 4 is 15.9 Å². The Bertz CT molecular complexity index is 693. The molecule has 2 fully saturated rings. The Morgan fingerprint density at radius 2 is 1.88 bits per heavy atom. The summed E-state index contributed by atoms with van der Waals surface area (Å²) in [5, 5.41) is 6.17. The van der Waals surface area contributed by atoms with Crippen molar-refractivity contribution < 1.29 is 17.9 Å². The topological polar surface area (TPSA) is 87.7 Å². The summed E-state index contributed by atoms with van der Waals surface area (Å²) >= 11 is 0. The summed E-state index contributed by atoms with van der Waals surface area (Å²) in [5.74, 6) is 1.10. The molecule has 0 radical (unpaired) electrons. The Balaban J connectivity index is 1.54. The van der Waals surface area contributed by atoms with Crippen LogP contribution in [-0.2, 0) is 14.8 Å². The van der Waals surface area contributed by atoms with Gasteiger partial charge in [-0.1, -0.05) is 0 Å². The van der Waals surface area contributed by atoms with Gasteiger partial charge in [0.2, 0.25) is 15.9 Å². The van der Waals surface area contributed by atoms with Gasteiger partial charge >= 0.3 is 0 Å². The van der Waals surface area contributed by atoms with Gasteiger partial charge in [0.1, 0.15) is 5.75 Å². The van der Waals surface area contributed by atoms with Crippen LogP contribution in [0, 0.1) is 11.8 Å². The van der Waals surface area contributed by atoms with Crippen LogP contribution in [0.4, 0.5) is 0 Å². The van der Waals surface area contributed by atoms with E-state index in [1.54, 1.807) is 31.4 Å². The number of ether oxygens (including phenoxy) is 1. The maximum atomic E-state index is 12.7. The first-order chi connectivity index (χ1) is 12.0. The lowest BCUT2D eigenvalue weighted by Gasteiger charge is -2.32. The first kappa shape index (κ1) is 18.2. The normalized spacial score (nSPS) is 20.0. The van der Waals surface area contributed by atoms with E-state index >= 15 is 0 Å². The van der Waals surface area contributed by atoms with Crippen LogP contribution in [0.5, 0.6) is 5.75 Å². The molecule has 0 unspecified atom stereocenters. The number of hydrogen-bond acceptors (Lipinski definition) is 5. The highest BCUT2D eigenvalue weighted by Gasteiger charge is 2.32. The number of nitrogens with zero attached hydrogens (tertiary/aromatic N) is 1. The van der Waals surface area contributed by atoms with Gasteiger partial charge in [-0.05, 0) is 37.1 Å². The highest BCUT2D eigenvalue weighted by Crippen LogP contribution is 2.25. The highest BCUT2D eigenvalue weighted by molar-refractivity contribution is 7.89. The Kier molecular flexibility index (Phi) is 5.61. The fraction of sp³-hybridized carbons (Fsp3) is 0.588. The predicted octanol–water partition coefficient (Wildman–Crippen LogP) is 0.432. The van der Waals surface area contributed by atoms with Crippen LogP contribution in [0.2, 0.25) is 0 Å². The van der Waals surface area contributed by atoms with Gasteiger partial charge in [-0.15, -0.1) is 0 Å². The number of nitrogens with one attached hydrogen (secondary N) is 2. The number of carbonyl (C=O) groups is 1. The second-order valence-corrected chi connectivity index (χ2v) is 8.56. The van der Waals surface area contributed by atoms with Crippen LogP contribution in [-0.4, -0.2) is 58.5 Å². The van der Waals surface area contributed by atoms with E-state index in [0.717, 1.165) is 13.1 Å². The van der Waals surface area contributed by atoms with Gasteiger partial charge in [-0.25, -0.2) is 8.42 Å². The number of sulfonamides is 1. The number of carbonyl (C=O) groups excluding carboxylic acids is 1. The van der Waals surface area contributed by atoms with Crippen molar-refractivity contribution in [3.63, 3.8) is 0 Å². The Morgan fingerprint density at radius 3 is 2.40 bits per heavy atom. The van der Waals surface area contributed by atoms with Gasteiger partial charge in [0.15, 0.2) is 0 Å². The van der Waals surface area contributed by atoms with Gasteiger partial charge in [0, 0.05) is 44.6 Å². The lowest BCUT2D eigenvalue weighted by atomic mass is 9.96. The van der Waals surface area contributed by atoms with E-state index in [2.05, 4.69) is 10.6 Å². The first-order valence-corrected chi connectivity index (χ1v) is 10.1. The molecule has 2 aliphatic heterocycles. The van der Waals surface area contributed by atoms with Gasteiger partial charge in [-0.2, -0.15) is 4.31 Å². The Labute approximate surface area is 148 Å². The number of amides is 1. The lowest BCUT2D eigenvalue weighted by molar-refractivity contribution is -0.126. The molecule has 1 aromatic carbocycles. The highest BCUT2D eigenvalue weighted by atomic mass is 32.2. The van der Waals surface area contributed by atoms with Crippen molar-refractivity contribution in [2.24, 2.45) is 11.8 Å². The molecule has 2 heterocycles. The first-order valence-electron chi connectivity index (χ1n) is 8.63. The van der Waals surface area contributed by atoms with Crippen LogP contribution in [0.25, 0.3) is 0 Å². The molecule has 0 spiro atoms. The summed E-state index contributed by atoms with van der Waals surface area (Å²) in [5.41, 5.74) is 0. The monoisotopic (exact) mass is 367 g/mol. The van der Waals surface area contributed by atoms with Crippen molar-refractivity contribution in [1.29, 1.82) is 0 Å². The average molecular weight is 367 g/mol. The maximum Gasteiger partial charge on any atom is 0.243 e. The van der Waals surface area contributed by atoms with E-state index in [0.29, 0.717) is 44.1 Å². The quantitative estimate of drug-likeness (QED) is 0.761. The van der Waals surface area contributed by atoms with E-state index in [9.17, 15) is 13.2 Å². The molecule has 2 saturated heterocycles. The Morgan fingerprint density at radius 1 is 1.24 bits per heavy atom. The Hall–Kier alpha value is -1.64. The average Bonchev–Trinajstić information content (AvgIpc) is 2.60. The lowest BCUT2D eigenvalue weighted by Crippen LogP contribution is -2.50. The molecular weight excluding hydrogens is 342 g/mol. The molecular formula is C17H25N3O4S. The summed E-state index contributed by atoms with van der Waals surface area (Å²) in [7, 11) is -1.98. The predicted molar refractivity (Wildman–Crippen MR) is 93.8 cm³/mol. The minimum atomic E-state index is -3.52. The molecule has 8 heteroatoms. The van der Waals surface area contributed by atoms with Crippen molar-refractivity contribution in [2.75, 3.05) is 39.8 Å². The number of methoxy groups -OCH3 is 1. The molecule has 7 nitrogen and oxygen atoms in total. The second kappa shape index (κ2) is 7.72. The summed E-state index contributed by atoms with van der Waals surface area (Å²) in [4.78, 5) is 12.5. The molecule has 25 heavy (non-hydrogen) atoms. The van der Waals surface area contributed by atoms with Crippen molar-refractivity contribution in [2.45, 2.75) is 17.7 Å². The van der Waals surface area contributed by atoms with Gasteiger partial charge in [-0.3, -0.25) is 4.79 Å². The van der Waals surface area contributed by atoms with Crippen LogP contribution in [0.3, 0.4) is 0 Å². The third-order valence-corrected chi connectivity index (χ3v) is 6.87. The number of benzene rings is 1. The van der Waals surface area contributed by atoms with E-state index in [4.69, 9.17) is 4.74 Å². The van der Waals surface area contributed by atoms with E-state index in [1.807, 2.05) is 0 Å². The van der Waals surface area contributed by atoms with E-state index < -0.39 is 10.0 Å². The van der Waals surface area contributed by atoms with Gasteiger partial charge < -0.3 is 15.4 Å². The molecule has 1 amide bonds. The third kappa shape index (κ3) is 4.13. The van der Waals surface area contributed by atoms with Crippen molar-refractivity contribution in [3.8, 4) is 5.75 Å². The molecule has 2 aliphatic rings. The molecule has 0 bridgehead atoms. The SMILES string of the molecule is COc1ccc(S(=O)(=O)N2CCC(C(=O)NCC3CNC3)CC2)cc1. The minimum Gasteiger partial charge on any atom is -0.497 e. The van der Waals surface area contributed by atoms with Crippen molar-refractivity contribution in [1.82, 2.24) is 14.9 Å². The van der Waals surface area contributed by atoms with Gasteiger partial charge in [0.25, 0.3) is 0 Å². The number of rotatable bonds is 6. The number of hydrogen-bond donors (Lipinski definition) is 2. The fourth-order valence-corrected chi connectivity index (χ4v) is 4.61. The molecule has 0 saturated carbocycles. The summed E-state index contributed by atoms with van der Waals surface area (Å²) in [6.45, 7) is 3.36. The third-order valence-electron chi connectivity index (χ3n) is 4.95. The summed E-state index contributed by atoms with van der Waals surface area (Å²) < 4.78 is 31.9. The van der Waals surface area contributed by atoms with E-state index in [-0.39, 0.29) is 16.7 Å². The zero-order valence-electron chi connectivity index (χ0n) is 14.4. The molecule has 0 aromatic heterocycles. The molecule has 138 valence electrons. The number of piperidine rings is 1. The smallest absolute Gasteiger partial charge is 0.243 e. The van der Waals surface area contributed by atoms with Crippen LogP contribution in [0.15, 0.2) is 29.2 Å². The summed E-state index contributed by atoms with van der Waals surface area (Å²) in [6, 6.07) is 6.39. The molecule has 2 N–H and O–H groups in total. The van der Waals surface area contributed by atoms with Crippen LogP contribution < -0.4 is 15.4 Å². The fourth-order valence-electron chi connectivity index (χ4n) is 3.14. The van der Waals surface area contributed by atoms with Crippen LogP contribution >= 0.6 is 0 Å². The summed E-state index contributed by atoms with van der Waals surface area (Å²) in [6.07, 6.45) is 1.12. The largest absolute Gasteiger partial charge is 0.497 e. The molecule has 1 aromatic rings. The second-order valence-electron chi connectivity index (χ2n) is 6.62. The maximum absolute atomic E-state index is 12.7. The zero-order chi connectivity index (χ0) is 17.9. The standard InChI is InChI=1S/C17H25N3O4S/c1-24-15-2-4-16(5-3-15)25(22,23)20-8-6-14(7-9-20)17(21)19-12-13-10-18-11-13/h2-5,13-14,18H,6-12H2,1H3,(H,19,21). The van der Waals surface area contributed by atoms with Crippen LogP contribution in [0.1, 0.15) is 12.8 Å².